The Morgan fingerprint density at radius 3 is 1.37 bits per heavy atom. The lowest BCUT2D eigenvalue weighted by atomic mass is 10.0. The van der Waals surface area contributed by atoms with Crippen LogP contribution in [-0.4, -0.2) is 45.6 Å². The first-order valence-electron chi connectivity index (χ1n) is 11.0. The molecule has 1 unspecified atom stereocenters. The van der Waals surface area contributed by atoms with Crippen molar-refractivity contribution in [3.05, 3.63) is 83.4 Å². The van der Waals surface area contributed by atoms with E-state index in [1.807, 2.05) is 37.3 Å². The summed E-state index contributed by atoms with van der Waals surface area (Å²) in [7, 11) is 1.26. The molecule has 0 bridgehead atoms. The van der Waals surface area contributed by atoms with Crippen molar-refractivity contribution in [3.8, 4) is 23.0 Å². The molecule has 8 heteroatoms. The maximum Gasteiger partial charge on any atom is 0.236 e. The summed E-state index contributed by atoms with van der Waals surface area (Å²) in [5, 5.41) is 0. The van der Waals surface area contributed by atoms with Gasteiger partial charge in [0, 0.05) is 6.16 Å². The van der Waals surface area contributed by atoms with Gasteiger partial charge in [0.05, 0.1) is 28.4 Å². The molecule has 3 rings (SSSR count). The normalized spacial score (nSPS) is 11.9. The molecule has 0 aliphatic rings. The zero-order valence-electron chi connectivity index (χ0n) is 20.4. The van der Waals surface area contributed by atoms with Gasteiger partial charge in [0.15, 0.2) is 0 Å². The molecule has 0 amide bonds. The quantitative estimate of drug-likeness (QED) is 0.307. The molecule has 0 spiro atoms. The Balaban J connectivity index is 2.24. The number of hydrogen-bond acceptors (Lipinski definition) is 7. The average molecular weight is 496 g/mol. The van der Waals surface area contributed by atoms with Crippen LogP contribution < -0.4 is 18.9 Å². The maximum atomic E-state index is 14.7. The summed E-state index contributed by atoms with van der Waals surface area (Å²) < 4.78 is 36.3. The van der Waals surface area contributed by atoms with Gasteiger partial charge in [-0.05, 0) is 35.7 Å². The highest BCUT2D eigenvalue weighted by molar-refractivity contribution is 7.95. The first-order chi connectivity index (χ1) is 16.8. The van der Waals surface area contributed by atoms with Crippen LogP contribution in [-0.2, 0) is 4.57 Å². The topological polar surface area (TPSA) is 88.1 Å². The summed E-state index contributed by atoms with van der Waals surface area (Å²) in [5.41, 5.74) is -0.904. The predicted molar refractivity (Wildman–Crippen MR) is 135 cm³/mol. The van der Waals surface area contributed by atoms with Gasteiger partial charge in [-0.25, -0.2) is 0 Å². The Bertz CT molecular complexity index is 1140. The smallest absolute Gasteiger partial charge is 0.236 e. The Labute approximate surface area is 205 Å². The second kappa shape index (κ2) is 11.2. The molecule has 1 atom stereocenters. The molecule has 3 aromatic carbocycles. The van der Waals surface area contributed by atoms with Gasteiger partial charge in [0.25, 0.3) is 0 Å². The third-order valence-corrected chi connectivity index (χ3v) is 8.66. The minimum absolute atomic E-state index is 0.0386. The van der Waals surface area contributed by atoms with E-state index >= 15 is 0 Å². The van der Waals surface area contributed by atoms with Crippen molar-refractivity contribution in [2.75, 3.05) is 34.6 Å². The molecular weight excluding hydrogens is 467 g/mol. The van der Waals surface area contributed by atoms with Crippen LogP contribution in [0.5, 0.6) is 23.0 Å². The van der Waals surface area contributed by atoms with Crippen molar-refractivity contribution in [1.82, 2.24) is 0 Å². The molecule has 3 aromatic rings. The van der Waals surface area contributed by atoms with Crippen molar-refractivity contribution >= 4 is 18.2 Å². The molecule has 0 saturated heterocycles. The van der Waals surface area contributed by atoms with Gasteiger partial charge in [0.1, 0.15) is 34.1 Å². The molecule has 35 heavy (non-hydrogen) atoms. The van der Waals surface area contributed by atoms with Crippen molar-refractivity contribution < 1.29 is 33.1 Å². The van der Waals surface area contributed by atoms with Crippen molar-refractivity contribution in [1.29, 1.82) is 0 Å². The van der Waals surface area contributed by atoms with Crippen LogP contribution in [0.1, 0.15) is 39.1 Å². The number of carbonyl (C=O) groups excluding carboxylic acids is 2. The summed E-state index contributed by atoms with van der Waals surface area (Å²) in [4.78, 5) is 28.2. The number of hydrogen-bond donors (Lipinski definition) is 0. The minimum Gasteiger partial charge on any atom is -0.496 e. The van der Waals surface area contributed by atoms with E-state index in [2.05, 4.69) is 0 Å². The van der Waals surface area contributed by atoms with E-state index < -0.39 is 18.2 Å². The fourth-order valence-corrected chi connectivity index (χ4v) is 6.68. The van der Waals surface area contributed by atoms with E-state index in [4.69, 9.17) is 18.9 Å². The highest BCUT2D eigenvalue weighted by Gasteiger charge is 2.46. The second-order valence-corrected chi connectivity index (χ2v) is 10.6. The lowest BCUT2D eigenvalue weighted by molar-refractivity contribution is 0.103. The van der Waals surface area contributed by atoms with E-state index in [0.29, 0.717) is 0 Å². The fraction of sp³-hybridized carbons (Fsp3) is 0.259. The van der Waals surface area contributed by atoms with Crippen molar-refractivity contribution in [2.45, 2.75) is 12.8 Å². The van der Waals surface area contributed by atoms with Gasteiger partial charge in [0.2, 0.25) is 18.2 Å². The molecule has 0 N–H and O–H groups in total. The molecule has 7 nitrogen and oxygen atoms in total. The van der Waals surface area contributed by atoms with Gasteiger partial charge in [-0.15, -0.1) is 0 Å². The third kappa shape index (κ3) is 5.10. The van der Waals surface area contributed by atoms with Crippen molar-refractivity contribution in [2.24, 2.45) is 0 Å². The molecule has 0 aromatic heterocycles. The molecule has 0 aliphatic heterocycles. The van der Waals surface area contributed by atoms with Gasteiger partial charge in [-0.2, -0.15) is 0 Å². The zero-order valence-corrected chi connectivity index (χ0v) is 21.3. The van der Waals surface area contributed by atoms with E-state index in [-0.39, 0.29) is 46.2 Å². The van der Waals surface area contributed by atoms with Crippen LogP contribution in [0.4, 0.5) is 0 Å². The van der Waals surface area contributed by atoms with Gasteiger partial charge in [-0.1, -0.05) is 49.4 Å². The van der Waals surface area contributed by atoms with Crippen LogP contribution in [0.2, 0.25) is 0 Å². The Hall–Kier alpha value is -3.57. The first-order valence-corrected chi connectivity index (χ1v) is 12.9. The van der Waals surface area contributed by atoms with Crippen LogP contribution >= 0.6 is 7.14 Å². The molecular formula is C27H29O7P. The molecule has 0 saturated carbocycles. The molecule has 0 fully saturated rings. The number of benzene rings is 3. The second-order valence-electron chi connectivity index (χ2n) is 7.92. The van der Waals surface area contributed by atoms with Crippen molar-refractivity contribution in [3.63, 3.8) is 0 Å². The molecule has 184 valence electrons. The standard InChI is InChI=1S/C27H29O7P/c1-18(19-11-7-6-8-12-19)17-35(30,26(28)24-20(31-2)13-9-14-21(24)32-3)27(29)25-22(33-4)15-10-16-23(25)34-5/h6-16,18H,17H2,1-5H3. The SMILES string of the molecule is COc1cccc(OC)c1C(=O)P(=O)(CC(C)c1ccccc1)C(=O)c1c(OC)cccc1OC. The maximum absolute atomic E-state index is 14.7. The van der Waals surface area contributed by atoms with E-state index in [9.17, 15) is 14.2 Å². The summed E-state index contributed by atoms with van der Waals surface area (Å²) >= 11 is 0. The predicted octanol–water partition coefficient (Wildman–Crippen LogP) is 5.87. The average Bonchev–Trinajstić information content (AvgIpc) is 2.91. The molecule has 0 heterocycles. The summed E-state index contributed by atoms with van der Waals surface area (Å²) in [6, 6.07) is 18.9. The highest BCUT2D eigenvalue weighted by atomic mass is 31.2. The van der Waals surface area contributed by atoms with Gasteiger partial charge < -0.3 is 23.5 Å². The largest absolute Gasteiger partial charge is 0.496 e. The van der Waals surface area contributed by atoms with Crippen LogP contribution in [0.15, 0.2) is 66.7 Å². The van der Waals surface area contributed by atoms with Crippen LogP contribution in [0.25, 0.3) is 0 Å². The Morgan fingerprint density at radius 1 is 0.657 bits per heavy atom. The summed E-state index contributed by atoms with van der Waals surface area (Å²) in [5.74, 6) is 0.309. The summed E-state index contributed by atoms with van der Waals surface area (Å²) in [6.45, 7) is 1.83. The lowest BCUT2D eigenvalue weighted by Gasteiger charge is -2.23. The number of carbonyl (C=O) groups is 2. The minimum atomic E-state index is -4.33. The summed E-state index contributed by atoms with van der Waals surface area (Å²) in [6.07, 6.45) is -0.197. The Morgan fingerprint density at radius 2 is 1.03 bits per heavy atom. The van der Waals surface area contributed by atoms with E-state index in [0.717, 1.165) is 5.56 Å². The number of rotatable bonds is 11. The first kappa shape index (κ1) is 26.0. The highest BCUT2D eigenvalue weighted by Crippen LogP contribution is 2.58. The molecule has 0 radical (unpaired) electrons. The van der Waals surface area contributed by atoms with Crippen LogP contribution in [0, 0.1) is 0 Å². The fourth-order valence-electron chi connectivity index (χ4n) is 4.02. The third-order valence-electron chi connectivity index (χ3n) is 5.84. The van der Waals surface area contributed by atoms with E-state index in [1.54, 1.807) is 36.4 Å². The lowest BCUT2D eigenvalue weighted by Crippen LogP contribution is -2.19. The monoisotopic (exact) mass is 496 g/mol. The van der Waals surface area contributed by atoms with E-state index in [1.165, 1.54) is 28.4 Å². The Kier molecular flexibility index (Phi) is 8.36. The van der Waals surface area contributed by atoms with Gasteiger partial charge in [-0.3, -0.25) is 9.59 Å². The van der Waals surface area contributed by atoms with Crippen LogP contribution in [0.3, 0.4) is 0 Å². The van der Waals surface area contributed by atoms with Gasteiger partial charge >= 0.3 is 0 Å². The zero-order chi connectivity index (χ0) is 25.6. The number of methoxy groups -OCH3 is 4. The molecule has 0 aliphatic carbocycles. The number of ether oxygens (including phenoxy) is 4.